The van der Waals surface area contributed by atoms with E-state index in [2.05, 4.69) is 26.2 Å². The van der Waals surface area contributed by atoms with E-state index in [0.717, 1.165) is 24.3 Å². The molecule has 0 saturated heterocycles. The molecule has 0 heterocycles. The highest BCUT2D eigenvalue weighted by Crippen LogP contribution is 2.49. The van der Waals surface area contributed by atoms with Crippen molar-refractivity contribution in [2.24, 2.45) is 23.5 Å². The lowest BCUT2D eigenvalue weighted by Crippen LogP contribution is -2.41. The van der Waals surface area contributed by atoms with E-state index in [-0.39, 0.29) is 0 Å². The monoisotopic (exact) mass is 226 g/mol. The quantitative estimate of drug-likeness (QED) is 0.593. The van der Waals surface area contributed by atoms with Gasteiger partial charge in [0.25, 0.3) is 0 Å². The number of likely N-dealkylation sites (N-methyl/N-ethyl adjacent to an activating group) is 1. The van der Waals surface area contributed by atoms with Crippen LogP contribution in [0.2, 0.25) is 0 Å². The Labute approximate surface area is 101 Å². The Bertz CT molecular complexity index is 178. The molecule has 0 amide bonds. The minimum Gasteiger partial charge on any atom is -0.329 e. The lowest BCUT2D eigenvalue weighted by atomic mass is 9.87. The van der Waals surface area contributed by atoms with Gasteiger partial charge in [0.2, 0.25) is 0 Å². The van der Waals surface area contributed by atoms with Crippen molar-refractivity contribution in [2.75, 3.05) is 13.6 Å². The summed E-state index contributed by atoms with van der Waals surface area (Å²) < 4.78 is 0. The maximum absolute atomic E-state index is 5.88. The molecular weight excluding hydrogens is 196 g/mol. The lowest BCUT2D eigenvalue weighted by molar-refractivity contribution is 0.295. The highest BCUT2D eigenvalue weighted by atomic mass is 14.9. The Balaban J connectivity index is 2.41. The first-order valence-electron chi connectivity index (χ1n) is 7.15. The van der Waals surface area contributed by atoms with E-state index in [4.69, 9.17) is 5.73 Å². The smallest absolute Gasteiger partial charge is 0.0218 e. The van der Waals surface area contributed by atoms with Gasteiger partial charge in [-0.15, -0.1) is 0 Å². The van der Waals surface area contributed by atoms with E-state index < -0.39 is 0 Å². The van der Waals surface area contributed by atoms with Crippen LogP contribution < -0.4 is 11.1 Å². The molecule has 4 atom stereocenters. The van der Waals surface area contributed by atoms with Crippen molar-refractivity contribution in [3.63, 3.8) is 0 Å². The summed E-state index contributed by atoms with van der Waals surface area (Å²) in [6.07, 6.45) is 8.26. The molecule has 16 heavy (non-hydrogen) atoms. The molecule has 0 aromatic rings. The lowest BCUT2D eigenvalue weighted by Gasteiger charge is -2.26. The van der Waals surface area contributed by atoms with Gasteiger partial charge in [-0.2, -0.15) is 0 Å². The fourth-order valence-corrected chi connectivity index (χ4v) is 3.12. The zero-order valence-electron chi connectivity index (χ0n) is 11.3. The first-order chi connectivity index (χ1) is 7.78. The van der Waals surface area contributed by atoms with Crippen molar-refractivity contribution >= 4 is 0 Å². The van der Waals surface area contributed by atoms with Crippen LogP contribution in [0.3, 0.4) is 0 Å². The van der Waals surface area contributed by atoms with Crippen molar-refractivity contribution in [3.05, 3.63) is 0 Å². The van der Waals surface area contributed by atoms with Gasteiger partial charge in [0, 0.05) is 12.6 Å². The molecule has 0 aromatic carbocycles. The zero-order valence-corrected chi connectivity index (χ0v) is 11.3. The molecule has 1 rings (SSSR count). The fraction of sp³-hybridized carbons (Fsp3) is 1.00. The van der Waals surface area contributed by atoms with E-state index in [1.807, 2.05) is 0 Å². The van der Waals surface area contributed by atoms with Crippen LogP contribution >= 0.6 is 0 Å². The molecule has 2 heteroatoms. The van der Waals surface area contributed by atoms with E-state index in [1.54, 1.807) is 0 Å². The molecular formula is C14H30N2. The van der Waals surface area contributed by atoms with Crippen LogP contribution in [0.5, 0.6) is 0 Å². The van der Waals surface area contributed by atoms with Crippen LogP contribution in [-0.4, -0.2) is 19.6 Å². The number of hydrogen-bond acceptors (Lipinski definition) is 2. The summed E-state index contributed by atoms with van der Waals surface area (Å²) in [5.41, 5.74) is 5.88. The average Bonchev–Trinajstić information content (AvgIpc) is 3.07. The predicted octanol–water partition coefficient (Wildman–Crippen LogP) is 2.78. The number of nitrogens with two attached hydrogens (primary N) is 1. The Kier molecular flexibility index (Phi) is 6.37. The van der Waals surface area contributed by atoms with E-state index in [0.29, 0.717) is 6.04 Å². The van der Waals surface area contributed by atoms with E-state index in [1.165, 1.54) is 38.5 Å². The molecule has 3 N–H and O–H groups in total. The van der Waals surface area contributed by atoms with Crippen LogP contribution in [0, 0.1) is 17.8 Å². The van der Waals surface area contributed by atoms with Crippen LogP contribution in [0.4, 0.5) is 0 Å². The van der Waals surface area contributed by atoms with Gasteiger partial charge in [-0.25, -0.2) is 0 Å². The van der Waals surface area contributed by atoms with Crippen molar-refractivity contribution in [2.45, 2.75) is 58.4 Å². The number of nitrogens with one attached hydrogen (secondary N) is 1. The molecule has 1 fully saturated rings. The van der Waals surface area contributed by atoms with Gasteiger partial charge in [-0.3, -0.25) is 0 Å². The second-order valence-electron chi connectivity index (χ2n) is 5.36. The highest BCUT2D eigenvalue weighted by Gasteiger charge is 2.43. The molecule has 1 aliphatic rings. The summed E-state index contributed by atoms with van der Waals surface area (Å²) in [7, 11) is 2.06. The van der Waals surface area contributed by atoms with Crippen LogP contribution in [-0.2, 0) is 0 Å². The van der Waals surface area contributed by atoms with Crippen molar-refractivity contribution in [1.29, 1.82) is 0 Å². The fourth-order valence-electron chi connectivity index (χ4n) is 3.12. The molecule has 2 nitrogen and oxygen atoms in total. The molecule has 1 aliphatic carbocycles. The Morgan fingerprint density at radius 2 is 2.06 bits per heavy atom. The number of hydrogen-bond donors (Lipinski definition) is 2. The summed E-state index contributed by atoms with van der Waals surface area (Å²) in [5.74, 6) is 2.78. The minimum atomic E-state index is 0.540. The third-order valence-corrected chi connectivity index (χ3v) is 4.33. The third kappa shape index (κ3) is 3.74. The summed E-state index contributed by atoms with van der Waals surface area (Å²) in [4.78, 5) is 0. The van der Waals surface area contributed by atoms with Gasteiger partial charge in [-0.1, -0.05) is 39.5 Å². The van der Waals surface area contributed by atoms with Crippen LogP contribution in [0.25, 0.3) is 0 Å². The van der Waals surface area contributed by atoms with Crippen molar-refractivity contribution < 1.29 is 0 Å². The summed E-state index contributed by atoms with van der Waals surface area (Å²) in [6.45, 7) is 5.39. The maximum Gasteiger partial charge on any atom is 0.0218 e. The van der Waals surface area contributed by atoms with Crippen molar-refractivity contribution in [3.8, 4) is 0 Å². The van der Waals surface area contributed by atoms with Gasteiger partial charge in [0.15, 0.2) is 0 Å². The Morgan fingerprint density at radius 1 is 1.31 bits per heavy atom. The normalized spacial score (nSPS) is 27.8. The molecule has 4 unspecified atom stereocenters. The first-order valence-corrected chi connectivity index (χ1v) is 7.15. The van der Waals surface area contributed by atoms with Gasteiger partial charge >= 0.3 is 0 Å². The minimum absolute atomic E-state index is 0.540. The second kappa shape index (κ2) is 7.29. The molecule has 1 saturated carbocycles. The Morgan fingerprint density at radius 3 is 2.50 bits per heavy atom. The summed E-state index contributed by atoms with van der Waals surface area (Å²) >= 11 is 0. The molecule has 0 radical (unpaired) electrons. The van der Waals surface area contributed by atoms with Gasteiger partial charge in [0.05, 0.1) is 0 Å². The van der Waals surface area contributed by atoms with Gasteiger partial charge < -0.3 is 11.1 Å². The molecule has 0 aromatic heterocycles. The SMILES string of the molecule is CCCCCC(C(CN)NC)C1CC1CC. The van der Waals surface area contributed by atoms with Crippen LogP contribution in [0.1, 0.15) is 52.4 Å². The topological polar surface area (TPSA) is 38.0 Å². The highest BCUT2D eigenvalue weighted by molar-refractivity contribution is 4.95. The van der Waals surface area contributed by atoms with E-state index >= 15 is 0 Å². The largest absolute Gasteiger partial charge is 0.329 e. The maximum atomic E-state index is 5.88. The molecule has 0 spiro atoms. The molecule has 0 bridgehead atoms. The molecule has 96 valence electrons. The van der Waals surface area contributed by atoms with Gasteiger partial charge in [-0.05, 0) is 37.6 Å². The average molecular weight is 226 g/mol. The number of rotatable bonds is 9. The second-order valence-corrected chi connectivity index (χ2v) is 5.36. The third-order valence-electron chi connectivity index (χ3n) is 4.33. The predicted molar refractivity (Wildman–Crippen MR) is 71.4 cm³/mol. The van der Waals surface area contributed by atoms with Crippen molar-refractivity contribution in [1.82, 2.24) is 5.32 Å². The van der Waals surface area contributed by atoms with Crippen LogP contribution in [0.15, 0.2) is 0 Å². The standard InChI is InChI=1S/C14H30N2/c1-4-6-7-8-12(14(10-15)16-3)13-9-11(13)5-2/h11-14,16H,4-10,15H2,1-3H3. The molecule has 0 aliphatic heterocycles. The first kappa shape index (κ1) is 14.0. The van der Waals surface area contributed by atoms with Gasteiger partial charge in [0.1, 0.15) is 0 Å². The zero-order chi connectivity index (χ0) is 12.0. The summed E-state index contributed by atoms with van der Waals surface area (Å²) in [6, 6.07) is 0.540. The number of unbranched alkanes of at least 4 members (excludes halogenated alkanes) is 2. The Hall–Kier alpha value is -0.0800. The van der Waals surface area contributed by atoms with E-state index in [9.17, 15) is 0 Å². The summed E-state index contributed by atoms with van der Waals surface area (Å²) in [5, 5.41) is 3.42.